The maximum absolute atomic E-state index is 2.50. The molecule has 0 unspecified atom stereocenters. The average molecular weight is 640 g/mol. The molecule has 2 aliphatic carbocycles. The van der Waals surface area contributed by atoms with Crippen molar-refractivity contribution in [1.82, 2.24) is 0 Å². The molecule has 0 aliphatic heterocycles. The summed E-state index contributed by atoms with van der Waals surface area (Å²) in [6.45, 7) is 0. The maximum Gasteiger partial charge on any atom is 0.0726 e. The summed E-state index contributed by atoms with van der Waals surface area (Å²) >= 11 is 1.88. The number of hydrogen-bond donors (Lipinski definition) is 0. The number of benzene rings is 8. The van der Waals surface area contributed by atoms with Gasteiger partial charge in [-0.15, -0.1) is 11.3 Å². The molecule has 11 rings (SSSR count). The number of anilines is 3. The van der Waals surface area contributed by atoms with Gasteiger partial charge in [0.25, 0.3) is 0 Å². The highest BCUT2D eigenvalue weighted by Gasteiger charge is 2.52. The van der Waals surface area contributed by atoms with Gasteiger partial charge in [-0.1, -0.05) is 140 Å². The Hall–Kier alpha value is -5.96. The van der Waals surface area contributed by atoms with Crippen LogP contribution in [0.25, 0.3) is 53.2 Å². The molecule has 8 aromatic carbocycles. The Kier molecular flexibility index (Phi) is 5.53. The molecule has 0 radical (unpaired) electrons. The number of para-hydroxylation sites is 1. The SMILES string of the molecule is c1ccc(N(c2ccc3c(c2)C2(c4ccccc4-c4ccccc42)c2ccc4ccccc4c2-3)c2cccc3c2sc2ccccc23)cc1. The highest BCUT2D eigenvalue weighted by Crippen LogP contribution is 2.64. The standard InChI is InChI=1S/C47H29NS/c1-2-14-31(15-3-1)48(43-23-12-20-37-36-19-8-11-24-44(36)49-46(37)43)32-26-27-38-42(29-32)47(41-28-25-30-13-4-5-16-33(30)45(38)41)39-21-9-6-17-34(39)35-18-7-10-22-40(35)47/h1-29H. The molecule has 0 saturated heterocycles. The van der Waals surface area contributed by atoms with E-state index in [1.165, 1.54) is 81.1 Å². The summed E-state index contributed by atoms with van der Waals surface area (Å²) in [5.41, 5.74) is 13.8. The highest BCUT2D eigenvalue weighted by atomic mass is 32.1. The fraction of sp³-hybridized carbons (Fsp3) is 0.0213. The first kappa shape index (κ1) is 27.0. The van der Waals surface area contributed by atoms with Crippen molar-refractivity contribution >= 4 is 59.3 Å². The van der Waals surface area contributed by atoms with E-state index in [-0.39, 0.29) is 0 Å². The van der Waals surface area contributed by atoms with Crippen LogP contribution in [0.5, 0.6) is 0 Å². The Balaban J connectivity index is 1.25. The topological polar surface area (TPSA) is 3.24 Å². The van der Waals surface area contributed by atoms with Crippen molar-refractivity contribution in [2.45, 2.75) is 5.41 Å². The van der Waals surface area contributed by atoms with Crippen molar-refractivity contribution < 1.29 is 0 Å². The third kappa shape index (κ3) is 3.54. The summed E-state index contributed by atoms with van der Waals surface area (Å²) in [6.07, 6.45) is 0. The molecular formula is C47H29NS. The predicted molar refractivity (Wildman–Crippen MR) is 208 cm³/mol. The number of hydrogen-bond acceptors (Lipinski definition) is 2. The molecule has 1 heterocycles. The van der Waals surface area contributed by atoms with E-state index in [9.17, 15) is 0 Å². The highest BCUT2D eigenvalue weighted by molar-refractivity contribution is 7.26. The second kappa shape index (κ2) is 10.0. The smallest absolute Gasteiger partial charge is 0.0726 e. The van der Waals surface area contributed by atoms with E-state index >= 15 is 0 Å². The van der Waals surface area contributed by atoms with Gasteiger partial charge < -0.3 is 4.90 Å². The molecule has 0 bridgehead atoms. The largest absolute Gasteiger partial charge is 0.309 e. The molecule has 9 aromatic rings. The molecule has 2 heteroatoms. The summed E-state index contributed by atoms with van der Waals surface area (Å²) in [4.78, 5) is 2.47. The van der Waals surface area contributed by atoms with Gasteiger partial charge in [-0.3, -0.25) is 0 Å². The Morgan fingerprint density at radius 2 is 1.08 bits per heavy atom. The lowest BCUT2D eigenvalue weighted by Gasteiger charge is -2.32. The summed E-state index contributed by atoms with van der Waals surface area (Å²) < 4.78 is 2.61. The zero-order valence-corrected chi connectivity index (χ0v) is 27.4. The van der Waals surface area contributed by atoms with Crippen LogP contribution < -0.4 is 4.90 Å². The van der Waals surface area contributed by atoms with Crippen LogP contribution in [-0.4, -0.2) is 0 Å². The van der Waals surface area contributed by atoms with Crippen molar-refractivity contribution in [3.8, 4) is 22.3 Å². The molecular weight excluding hydrogens is 611 g/mol. The van der Waals surface area contributed by atoms with Gasteiger partial charge >= 0.3 is 0 Å². The van der Waals surface area contributed by atoms with Crippen LogP contribution in [0.2, 0.25) is 0 Å². The van der Waals surface area contributed by atoms with E-state index in [2.05, 4.69) is 181 Å². The number of rotatable bonds is 3. The van der Waals surface area contributed by atoms with Gasteiger partial charge in [0.2, 0.25) is 0 Å². The Bertz CT molecular complexity index is 2740. The van der Waals surface area contributed by atoms with Gasteiger partial charge in [-0.2, -0.15) is 0 Å². The molecule has 228 valence electrons. The van der Waals surface area contributed by atoms with Gasteiger partial charge in [0.15, 0.2) is 0 Å². The van der Waals surface area contributed by atoms with Gasteiger partial charge in [0.1, 0.15) is 0 Å². The van der Waals surface area contributed by atoms with Crippen molar-refractivity contribution in [2.24, 2.45) is 0 Å². The van der Waals surface area contributed by atoms with E-state index < -0.39 is 5.41 Å². The first-order chi connectivity index (χ1) is 24.3. The second-order valence-corrected chi connectivity index (χ2v) is 14.3. The minimum Gasteiger partial charge on any atom is -0.309 e. The molecule has 2 aliphatic rings. The molecule has 0 N–H and O–H groups in total. The van der Waals surface area contributed by atoms with Crippen LogP contribution in [0.4, 0.5) is 17.1 Å². The summed E-state index contributed by atoms with van der Waals surface area (Å²) in [5.74, 6) is 0. The third-order valence-electron chi connectivity index (χ3n) is 10.9. The van der Waals surface area contributed by atoms with E-state index in [1.807, 2.05) is 11.3 Å². The van der Waals surface area contributed by atoms with Gasteiger partial charge in [-0.05, 0) is 91.7 Å². The molecule has 49 heavy (non-hydrogen) atoms. The van der Waals surface area contributed by atoms with Crippen LogP contribution in [0.15, 0.2) is 176 Å². The lowest BCUT2D eigenvalue weighted by Crippen LogP contribution is -2.26. The minimum absolute atomic E-state index is 0.427. The Morgan fingerprint density at radius 1 is 0.408 bits per heavy atom. The first-order valence-corrected chi connectivity index (χ1v) is 17.8. The maximum atomic E-state index is 2.50. The summed E-state index contributed by atoms with van der Waals surface area (Å²) in [6, 6.07) is 65.4. The average Bonchev–Trinajstić information content (AvgIpc) is 3.80. The van der Waals surface area contributed by atoms with E-state index in [1.54, 1.807) is 0 Å². The van der Waals surface area contributed by atoms with Crippen LogP contribution in [0, 0.1) is 0 Å². The Labute approximate surface area is 289 Å². The minimum atomic E-state index is -0.427. The number of fused-ring (bicyclic) bond motifs is 15. The van der Waals surface area contributed by atoms with Crippen LogP contribution in [0.1, 0.15) is 22.3 Å². The van der Waals surface area contributed by atoms with E-state index in [0.717, 1.165) is 11.4 Å². The van der Waals surface area contributed by atoms with Crippen molar-refractivity contribution in [3.63, 3.8) is 0 Å². The van der Waals surface area contributed by atoms with Crippen molar-refractivity contribution in [2.75, 3.05) is 4.90 Å². The molecule has 1 nitrogen and oxygen atoms in total. The molecule has 0 saturated carbocycles. The van der Waals surface area contributed by atoms with Crippen LogP contribution in [0.3, 0.4) is 0 Å². The lowest BCUT2D eigenvalue weighted by atomic mass is 9.70. The van der Waals surface area contributed by atoms with E-state index in [4.69, 9.17) is 0 Å². The summed E-state index contributed by atoms with van der Waals surface area (Å²) in [7, 11) is 0. The van der Waals surface area contributed by atoms with E-state index in [0.29, 0.717) is 0 Å². The van der Waals surface area contributed by atoms with Crippen molar-refractivity contribution in [1.29, 1.82) is 0 Å². The first-order valence-electron chi connectivity index (χ1n) is 16.9. The number of nitrogens with zero attached hydrogens (tertiary/aromatic N) is 1. The molecule has 0 atom stereocenters. The molecule has 0 fully saturated rings. The molecule has 1 aromatic heterocycles. The quantitative estimate of drug-likeness (QED) is 0.186. The van der Waals surface area contributed by atoms with Crippen LogP contribution >= 0.6 is 11.3 Å². The predicted octanol–water partition coefficient (Wildman–Crippen LogP) is 13.0. The normalized spacial score (nSPS) is 13.5. The fourth-order valence-corrected chi connectivity index (χ4v) is 10.2. The molecule has 0 amide bonds. The zero-order chi connectivity index (χ0) is 32.1. The van der Waals surface area contributed by atoms with Gasteiger partial charge in [-0.25, -0.2) is 0 Å². The fourth-order valence-electron chi connectivity index (χ4n) is 8.95. The molecule has 1 spiro atoms. The Morgan fingerprint density at radius 3 is 1.90 bits per heavy atom. The monoisotopic (exact) mass is 639 g/mol. The zero-order valence-electron chi connectivity index (χ0n) is 26.6. The van der Waals surface area contributed by atoms with Crippen molar-refractivity contribution in [3.05, 3.63) is 198 Å². The van der Waals surface area contributed by atoms with Gasteiger partial charge in [0, 0.05) is 26.8 Å². The third-order valence-corrected chi connectivity index (χ3v) is 12.1. The lowest BCUT2D eigenvalue weighted by molar-refractivity contribution is 0.794. The summed E-state index contributed by atoms with van der Waals surface area (Å²) in [5, 5.41) is 5.19. The second-order valence-electron chi connectivity index (χ2n) is 13.2. The number of thiophene rings is 1. The van der Waals surface area contributed by atoms with Crippen LogP contribution in [-0.2, 0) is 5.41 Å². The van der Waals surface area contributed by atoms with Gasteiger partial charge in [0.05, 0.1) is 15.8 Å².